The lowest BCUT2D eigenvalue weighted by Gasteiger charge is -2.05. The highest BCUT2D eigenvalue weighted by molar-refractivity contribution is 5.93. The largest absolute Gasteiger partial charge is 0.481 e. The van der Waals surface area contributed by atoms with E-state index in [-0.39, 0.29) is 18.7 Å². The van der Waals surface area contributed by atoms with Gasteiger partial charge < -0.3 is 10.2 Å². The lowest BCUT2D eigenvalue weighted by molar-refractivity contribution is -0.385. The molecule has 9 nitrogen and oxygen atoms in total. The number of nitro groups is 1. The van der Waals surface area contributed by atoms with E-state index in [1.165, 1.54) is 23.1 Å². The molecule has 0 spiro atoms. The number of nitrogens with zero attached hydrogens (tertiary/aromatic N) is 3. The molecule has 1 aromatic carbocycles. The molecule has 2 N–H and O–H groups in total. The lowest BCUT2D eigenvalue weighted by Crippen LogP contribution is -2.25. The highest BCUT2D eigenvalue weighted by atomic mass is 16.6. The molecule has 0 bridgehead atoms. The molecular formula is C14H13N3O6. The Balaban J connectivity index is 2.16. The monoisotopic (exact) mass is 319 g/mol. The number of hydrogen-bond acceptors (Lipinski definition) is 5. The first-order valence-corrected chi connectivity index (χ1v) is 6.57. The van der Waals surface area contributed by atoms with E-state index in [9.17, 15) is 19.7 Å². The Labute approximate surface area is 129 Å². The minimum Gasteiger partial charge on any atom is -0.481 e. The first kappa shape index (κ1) is 16.1. The Morgan fingerprint density at radius 3 is 2.52 bits per heavy atom. The molecule has 0 aliphatic heterocycles. The third-order valence-corrected chi connectivity index (χ3v) is 3.24. The Bertz CT molecular complexity index is 740. The summed E-state index contributed by atoms with van der Waals surface area (Å²) in [6.07, 6.45) is 2.63. The summed E-state index contributed by atoms with van der Waals surface area (Å²) in [6.45, 7) is 0.127. The van der Waals surface area contributed by atoms with Gasteiger partial charge in [-0.05, 0) is 12.0 Å². The van der Waals surface area contributed by atoms with Gasteiger partial charge in [0, 0.05) is 12.3 Å². The molecular weight excluding hydrogens is 306 g/mol. The van der Waals surface area contributed by atoms with Gasteiger partial charge in [0.2, 0.25) is 0 Å². The highest BCUT2D eigenvalue weighted by Crippen LogP contribution is 2.19. The Morgan fingerprint density at radius 2 is 1.91 bits per heavy atom. The third kappa shape index (κ3) is 3.90. The van der Waals surface area contributed by atoms with Crippen LogP contribution >= 0.6 is 0 Å². The Kier molecular flexibility index (Phi) is 4.69. The average molecular weight is 319 g/mol. The summed E-state index contributed by atoms with van der Waals surface area (Å²) in [6, 6.07) is 6.19. The van der Waals surface area contributed by atoms with Crippen molar-refractivity contribution in [3.8, 4) is 0 Å². The van der Waals surface area contributed by atoms with E-state index in [0.29, 0.717) is 11.1 Å². The van der Waals surface area contributed by atoms with E-state index >= 15 is 0 Å². The first-order chi connectivity index (χ1) is 10.9. The molecule has 0 unspecified atom stereocenters. The molecule has 0 aliphatic carbocycles. The van der Waals surface area contributed by atoms with Crippen molar-refractivity contribution in [1.29, 1.82) is 0 Å². The minimum absolute atomic E-state index is 0.0431. The van der Waals surface area contributed by atoms with Gasteiger partial charge in [-0.25, -0.2) is 0 Å². The van der Waals surface area contributed by atoms with Crippen molar-refractivity contribution >= 4 is 17.6 Å². The lowest BCUT2D eigenvalue weighted by atomic mass is 10.0. The number of carbonyl (C=O) groups is 2. The first-order valence-electron chi connectivity index (χ1n) is 6.57. The van der Waals surface area contributed by atoms with E-state index in [2.05, 4.69) is 5.10 Å². The fraction of sp³-hybridized carbons (Fsp3) is 0.214. The van der Waals surface area contributed by atoms with Crippen LogP contribution in [0.2, 0.25) is 0 Å². The van der Waals surface area contributed by atoms with E-state index in [4.69, 9.17) is 10.2 Å². The van der Waals surface area contributed by atoms with Crippen LogP contribution in [0.15, 0.2) is 36.7 Å². The van der Waals surface area contributed by atoms with Crippen LogP contribution in [0.5, 0.6) is 0 Å². The maximum Gasteiger partial charge on any atom is 0.318 e. The molecule has 0 radical (unpaired) electrons. The second kappa shape index (κ2) is 6.69. The van der Waals surface area contributed by atoms with Gasteiger partial charge in [0.15, 0.2) is 5.92 Å². The molecule has 0 saturated carbocycles. The molecule has 9 heteroatoms. The molecule has 0 saturated heterocycles. The van der Waals surface area contributed by atoms with Gasteiger partial charge in [0.1, 0.15) is 0 Å². The number of aromatic nitrogens is 2. The number of aliphatic carboxylic acids is 2. The van der Waals surface area contributed by atoms with Crippen molar-refractivity contribution in [1.82, 2.24) is 9.78 Å². The third-order valence-electron chi connectivity index (χ3n) is 3.24. The zero-order chi connectivity index (χ0) is 17.0. The number of benzene rings is 1. The highest BCUT2D eigenvalue weighted by Gasteiger charge is 2.26. The van der Waals surface area contributed by atoms with E-state index in [1.807, 2.05) is 0 Å². The number of para-hydroxylation sites is 1. The van der Waals surface area contributed by atoms with Crippen LogP contribution in [-0.2, 0) is 22.6 Å². The van der Waals surface area contributed by atoms with E-state index in [0.717, 1.165) is 0 Å². The Hall–Kier alpha value is -3.23. The molecule has 2 aromatic rings. The van der Waals surface area contributed by atoms with Gasteiger partial charge in [0.25, 0.3) is 5.69 Å². The fourth-order valence-corrected chi connectivity index (χ4v) is 2.11. The van der Waals surface area contributed by atoms with Crippen molar-refractivity contribution in [2.45, 2.75) is 13.0 Å². The zero-order valence-electron chi connectivity index (χ0n) is 11.8. The average Bonchev–Trinajstić information content (AvgIpc) is 2.91. The van der Waals surface area contributed by atoms with Crippen LogP contribution in [0.1, 0.15) is 11.1 Å². The van der Waals surface area contributed by atoms with Gasteiger partial charge in [-0.3, -0.25) is 24.4 Å². The van der Waals surface area contributed by atoms with Crippen molar-refractivity contribution in [3.63, 3.8) is 0 Å². The van der Waals surface area contributed by atoms with Crippen molar-refractivity contribution in [2.75, 3.05) is 0 Å². The molecule has 120 valence electrons. The summed E-state index contributed by atoms with van der Waals surface area (Å²) in [4.78, 5) is 32.2. The van der Waals surface area contributed by atoms with Crippen LogP contribution in [-0.4, -0.2) is 36.9 Å². The Morgan fingerprint density at radius 1 is 1.26 bits per heavy atom. The predicted octanol–water partition coefficient (Wildman–Crippen LogP) is 1.17. The minimum atomic E-state index is -1.56. The maximum atomic E-state index is 11.0. The van der Waals surface area contributed by atoms with Crippen LogP contribution < -0.4 is 0 Å². The van der Waals surface area contributed by atoms with Gasteiger partial charge in [-0.15, -0.1) is 0 Å². The van der Waals surface area contributed by atoms with Gasteiger partial charge in [0.05, 0.1) is 23.2 Å². The van der Waals surface area contributed by atoms with Crippen molar-refractivity contribution < 1.29 is 24.7 Å². The van der Waals surface area contributed by atoms with Crippen LogP contribution in [0, 0.1) is 16.0 Å². The number of rotatable bonds is 7. The molecule has 2 rings (SSSR count). The summed E-state index contributed by atoms with van der Waals surface area (Å²) in [5.41, 5.74) is 0.831. The number of carboxylic acid groups (broad SMARTS) is 2. The number of hydrogen-bond donors (Lipinski definition) is 2. The molecule has 0 amide bonds. The second-order valence-electron chi connectivity index (χ2n) is 4.87. The van der Waals surface area contributed by atoms with Crippen LogP contribution in [0.25, 0.3) is 0 Å². The smallest absolute Gasteiger partial charge is 0.318 e. The molecule has 1 aromatic heterocycles. The quantitative estimate of drug-likeness (QED) is 0.444. The number of carboxylic acids is 2. The topological polar surface area (TPSA) is 136 Å². The molecule has 0 aliphatic rings. The van der Waals surface area contributed by atoms with Gasteiger partial charge >= 0.3 is 11.9 Å². The zero-order valence-corrected chi connectivity index (χ0v) is 11.8. The number of nitro benzene ring substituents is 1. The van der Waals surface area contributed by atoms with Crippen molar-refractivity contribution in [3.05, 3.63) is 57.9 Å². The standard InChI is InChI=1S/C14H13N3O6/c18-13(19)11(14(20)21)5-9-6-15-16(7-9)8-10-3-1-2-4-12(10)17(22)23/h1-4,6-7,11H,5,8H2,(H,18,19)(H,20,21). The van der Waals surface area contributed by atoms with Gasteiger partial charge in [-0.1, -0.05) is 18.2 Å². The van der Waals surface area contributed by atoms with Crippen LogP contribution in [0.4, 0.5) is 5.69 Å². The summed E-state index contributed by atoms with van der Waals surface area (Å²) in [5.74, 6) is -4.41. The van der Waals surface area contributed by atoms with Gasteiger partial charge in [-0.2, -0.15) is 5.10 Å². The summed E-state index contributed by atoms with van der Waals surface area (Å²) in [7, 11) is 0. The normalized spacial score (nSPS) is 10.7. The van der Waals surface area contributed by atoms with Crippen molar-refractivity contribution in [2.24, 2.45) is 5.92 Å². The molecule has 0 atom stereocenters. The van der Waals surface area contributed by atoms with E-state index < -0.39 is 22.8 Å². The van der Waals surface area contributed by atoms with E-state index in [1.54, 1.807) is 18.2 Å². The molecule has 1 heterocycles. The van der Waals surface area contributed by atoms with Crippen LogP contribution in [0.3, 0.4) is 0 Å². The SMILES string of the molecule is O=C(O)C(Cc1cnn(Cc2ccccc2[N+](=O)[O-])c1)C(=O)O. The summed E-state index contributed by atoms with van der Waals surface area (Å²) in [5, 5.41) is 32.7. The second-order valence-corrected chi connectivity index (χ2v) is 4.87. The predicted molar refractivity (Wildman–Crippen MR) is 76.9 cm³/mol. The summed E-state index contributed by atoms with van der Waals surface area (Å²) >= 11 is 0. The summed E-state index contributed by atoms with van der Waals surface area (Å²) < 4.78 is 1.40. The molecule has 0 fully saturated rings. The molecule has 23 heavy (non-hydrogen) atoms. The fourth-order valence-electron chi connectivity index (χ4n) is 2.11. The maximum absolute atomic E-state index is 11.0.